The van der Waals surface area contributed by atoms with Gasteiger partial charge in [-0.1, -0.05) is 0 Å². The number of carboxylic acids is 1. The Balaban J connectivity index is 2.30. The summed E-state index contributed by atoms with van der Waals surface area (Å²) in [5.74, 6) is -0.273. The maximum atomic E-state index is 11.1. The highest BCUT2D eigenvalue weighted by Crippen LogP contribution is 2.23. The number of hydrogen-bond acceptors (Lipinski definition) is 5. The summed E-state index contributed by atoms with van der Waals surface area (Å²) in [5, 5.41) is 24.3. The van der Waals surface area contributed by atoms with Crippen LogP contribution in [0.5, 0.6) is 0 Å². The summed E-state index contributed by atoms with van der Waals surface area (Å²) < 4.78 is 1.52. The van der Waals surface area contributed by atoms with E-state index in [9.17, 15) is 4.79 Å². The minimum atomic E-state index is -0.903. The summed E-state index contributed by atoms with van der Waals surface area (Å²) >= 11 is 1.55. The number of nitrogens with zero attached hydrogens (tertiary/aromatic N) is 4. The third kappa shape index (κ3) is 2.33. The van der Waals surface area contributed by atoms with Crippen molar-refractivity contribution in [1.82, 2.24) is 20.2 Å². The number of thiophene rings is 1. The van der Waals surface area contributed by atoms with Crippen LogP contribution in [0, 0.1) is 5.41 Å². The summed E-state index contributed by atoms with van der Waals surface area (Å²) in [7, 11) is 0. The van der Waals surface area contributed by atoms with E-state index in [0.29, 0.717) is 5.82 Å². The summed E-state index contributed by atoms with van der Waals surface area (Å²) in [6.07, 6.45) is 0. The molecule has 0 aliphatic carbocycles. The molecule has 0 spiro atoms. The van der Waals surface area contributed by atoms with Crippen molar-refractivity contribution in [2.45, 2.75) is 20.4 Å². The van der Waals surface area contributed by atoms with E-state index in [1.165, 1.54) is 4.68 Å². The molecule has 0 aliphatic rings. The third-order valence-corrected chi connectivity index (χ3v) is 3.12. The second-order valence-corrected chi connectivity index (χ2v) is 5.14. The summed E-state index contributed by atoms with van der Waals surface area (Å²) in [4.78, 5) is 11.1. The van der Waals surface area contributed by atoms with E-state index in [2.05, 4.69) is 15.5 Å². The van der Waals surface area contributed by atoms with Crippen LogP contribution < -0.4 is 0 Å². The zero-order valence-electron chi connectivity index (χ0n) is 9.49. The van der Waals surface area contributed by atoms with Gasteiger partial charge in [0.1, 0.15) is 0 Å². The molecule has 0 saturated heterocycles. The predicted molar refractivity (Wildman–Crippen MR) is 62.5 cm³/mol. The molecule has 0 saturated carbocycles. The smallest absolute Gasteiger partial charge is 0.310 e. The van der Waals surface area contributed by atoms with Crippen LogP contribution in [0.15, 0.2) is 16.8 Å². The molecule has 17 heavy (non-hydrogen) atoms. The van der Waals surface area contributed by atoms with Crippen molar-refractivity contribution in [3.8, 4) is 11.4 Å². The molecule has 0 aromatic carbocycles. The molecular weight excluding hydrogens is 240 g/mol. The fraction of sp³-hybridized carbons (Fsp3) is 0.400. The van der Waals surface area contributed by atoms with Crippen molar-refractivity contribution in [1.29, 1.82) is 0 Å². The highest BCUT2D eigenvalue weighted by molar-refractivity contribution is 7.08. The fourth-order valence-corrected chi connectivity index (χ4v) is 1.99. The first-order valence-electron chi connectivity index (χ1n) is 5.03. The van der Waals surface area contributed by atoms with Gasteiger partial charge < -0.3 is 5.11 Å². The van der Waals surface area contributed by atoms with Crippen LogP contribution in [0.2, 0.25) is 0 Å². The minimum Gasteiger partial charge on any atom is -0.481 e. The average Bonchev–Trinajstić information content (AvgIpc) is 2.85. The van der Waals surface area contributed by atoms with E-state index < -0.39 is 11.4 Å². The number of hydrogen-bond donors (Lipinski definition) is 1. The average molecular weight is 252 g/mol. The number of aliphatic carboxylic acids is 1. The number of aromatic nitrogens is 4. The Morgan fingerprint density at radius 3 is 2.94 bits per heavy atom. The zero-order chi connectivity index (χ0) is 12.5. The first-order chi connectivity index (χ1) is 8.00. The highest BCUT2D eigenvalue weighted by atomic mass is 32.1. The van der Waals surface area contributed by atoms with Gasteiger partial charge in [0.25, 0.3) is 0 Å². The van der Waals surface area contributed by atoms with Crippen LogP contribution >= 0.6 is 11.3 Å². The minimum absolute atomic E-state index is 0.237. The first-order valence-corrected chi connectivity index (χ1v) is 5.97. The van der Waals surface area contributed by atoms with Gasteiger partial charge in [0.2, 0.25) is 0 Å². The number of carbonyl (C=O) groups is 1. The molecule has 0 aliphatic heterocycles. The van der Waals surface area contributed by atoms with E-state index in [4.69, 9.17) is 5.11 Å². The number of tetrazole rings is 1. The van der Waals surface area contributed by atoms with Gasteiger partial charge in [0, 0.05) is 10.9 Å². The van der Waals surface area contributed by atoms with Gasteiger partial charge >= 0.3 is 5.97 Å². The Bertz CT molecular complexity index is 518. The van der Waals surface area contributed by atoms with Crippen molar-refractivity contribution >= 4 is 17.3 Å². The molecule has 0 amide bonds. The Morgan fingerprint density at radius 2 is 2.35 bits per heavy atom. The van der Waals surface area contributed by atoms with Crippen molar-refractivity contribution in [2.24, 2.45) is 5.41 Å². The fourth-order valence-electron chi connectivity index (χ4n) is 1.35. The van der Waals surface area contributed by atoms with E-state index in [1.54, 1.807) is 25.2 Å². The molecule has 1 N–H and O–H groups in total. The monoisotopic (exact) mass is 252 g/mol. The molecule has 0 bridgehead atoms. The first kappa shape index (κ1) is 11.7. The third-order valence-electron chi connectivity index (χ3n) is 2.44. The van der Waals surface area contributed by atoms with Crippen LogP contribution in [0.4, 0.5) is 0 Å². The van der Waals surface area contributed by atoms with Crippen molar-refractivity contribution in [2.75, 3.05) is 0 Å². The van der Waals surface area contributed by atoms with Crippen LogP contribution in [0.1, 0.15) is 13.8 Å². The molecule has 0 unspecified atom stereocenters. The normalized spacial score (nSPS) is 11.6. The lowest BCUT2D eigenvalue weighted by Gasteiger charge is -2.18. The lowest BCUT2D eigenvalue weighted by atomic mass is 9.94. The molecule has 6 nitrogen and oxygen atoms in total. The summed E-state index contributed by atoms with van der Waals surface area (Å²) in [6, 6.07) is 1.90. The Morgan fingerprint density at radius 1 is 1.59 bits per heavy atom. The molecule has 7 heteroatoms. The van der Waals surface area contributed by atoms with Gasteiger partial charge in [-0.05, 0) is 35.7 Å². The van der Waals surface area contributed by atoms with Crippen molar-refractivity contribution in [3.63, 3.8) is 0 Å². The maximum absolute atomic E-state index is 11.1. The maximum Gasteiger partial charge on any atom is 0.310 e. The number of rotatable bonds is 4. The van der Waals surface area contributed by atoms with Crippen molar-refractivity contribution < 1.29 is 9.90 Å². The number of carboxylic acid groups (broad SMARTS) is 1. The second kappa shape index (κ2) is 4.25. The second-order valence-electron chi connectivity index (χ2n) is 4.36. The molecule has 2 aromatic rings. The van der Waals surface area contributed by atoms with Gasteiger partial charge in [0.05, 0.1) is 12.0 Å². The SMILES string of the molecule is CC(C)(Cn1nnnc1-c1ccsc1)C(=O)O. The quantitative estimate of drug-likeness (QED) is 0.892. The van der Waals surface area contributed by atoms with Gasteiger partial charge in [-0.25, -0.2) is 4.68 Å². The van der Waals surface area contributed by atoms with Gasteiger partial charge in [-0.3, -0.25) is 4.79 Å². The Labute approximate surface area is 102 Å². The molecule has 0 radical (unpaired) electrons. The van der Waals surface area contributed by atoms with Crippen LogP contribution in [-0.4, -0.2) is 31.3 Å². The molecule has 2 heterocycles. The van der Waals surface area contributed by atoms with E-state index in [0.717, 1.165) is 5.56 Å². The van der Waals surface area contributed by atoms with Gasteiger partial charge in [0.15, 0.2) is 5.82 Å². The summed E-state index contributed by atoms with van der Waals surface area (Å²) in [6.45, 7) is 3.53. The van der Waals surface area contributed by atoms with E-state index >= 15 is 0 Å². The summed E-state index contributed by atoms with van der Waals surface area (Å²) in [5.41, 5.74) is 0.00125. The van der Waals surface area contributed by atoms with E-state index in [-0.39, 0.29) is 6.54 Å². The molecular formula is C10H12N4O2S. The Hall–Kier alpha value is -1.76. The lowest BCUT2D eigenvalue weighted by Crippen LogP contribution is -2.30. The van der Waals surface area contributed by atoms with Crippen LogP contribution in [0.3, 0.4) is 0 Å². The van der Waals surface area contributed by atoms with Gasteiger partial charge in [-0.2, -0.15) is 11.3 Å². The highest BCUT2D eigenvalue weighted by Gasteiger charge is 2.29. The lowest BCUT2D eigenvalue weighted by molar-refractivity contribution is -0.147. The topological polar surface area (TPSA) is 80.9 Å². The molecule has 90 valence electrons. The van der Waals surface area contributed by atoms with Crippen molar-refractivity contribution in [3.05, 3.63) is 16.8 Å². The standard InChI is InChI=1S/C10H12N4O2S/c1-10(2,9(15)16)6-14-8(11-12-13-14)7-3-4-17-5-7/h3-5H,6H2,1-2H3,(H,15,16). The van der Waals surface area contributed by atoms with Crippen LogP contribution in [-0.2, 0) is 11.3 Å². The van der Waals surface area contributed by atoms with E-state index in [1.807, 2.05) is 16.8 Å². The molecule has 2 aromatic heterocycles. The molecule has 0 fully saturated rings. The molecule has 2 rings (SSSR count). The Kier molecular flexibility index (Phi) is 2.93. The van der Waals surface area contributed by atoms with Gasteiger partial charge in [-0.15, -0.1) is 5.10 Å². The zero-order valence-corrected chi connectivity index (χ0v) is 10.3. The largest absolute Gasteiger partial charge is 0.481 e. The predicted octanol–water partition coefficient (Wildman–Crippen LogP) is 1.51. The van der Waals surface area contributed by atoms with Crippen LogP contribution in [0.25, 0.3) is 11.4 Å². The molecule has 0 atom stereocenters.